The zero-order valence-corrected chi connectivity index (χ0v) is 20.0. The largest absolute Gasteiger partial charge is 0.508 e. The highest BCUT2D eigenvalue weighted by molar-refractivity contribution is 5.85. The van der Waals surface area contributed by atoms with Crippen LogP contribution in [0.3, 0.4) is 0 Å². The van der Waals surface area contributed by atoms with Crippen LogP contribution < -0.4 is 9.64 Å². The quantitative estimate of drug-likeness (QED) is 0.289. The van der Waals surface area contributed by atoms with E-state index in [-0.39, 0.29) is 17.2 Å². The molecule has 0 bridgehead atoms. The molecule has 0 aliphatic carbocycles. The zero-order chi connectivity index (χ0) is 24.6. The molecular formula is C29H29NO4. The second-order valence-electron chi connectivity index (χ2n) is 8.61. The summed E-state index contributed by atoms with van der Waals surface area (Å²) in [4.78, 5) is 1.98. The minimum Gasteiger partial charge on any atom is -0.508 e. The standard InChI is InChI=1S/C29H29NO4/c1-17-10-13-22(31)16-27(17)34-26-9-7-6-8-25(26)30(23-14-11-18(2)28(32)20(23)4)24-15-12-19(3)29(33)21(24)5/h6-16,31-33H,1-5H3. The molecule has 0 saturated carbocycles. The van der Waals surface area contributed by atoms with E-state index in [0.717, 1.165) is 33.8 Å². The first kappa shape index (κ1) is 23.1. The molecule has 0 atom stereocenters. The van der Waals surface area contributed by atoms with E-state index < -0.39 is 0 Å². The summed E-state index contributed by atoms with van der Waals surface area (Å²) in [5.41, 5.74) is 6.12. The van der Waals surface area contributed by atoms with E-state index >= 15 is 0 Å². The predicted octanol–water partition coefficient (Wildman–Crippen LogP) is 7.61. The van der Waals surface area contributed by atoms with Gasteiger partial charge in [-0.1, -0.05) is 30.3 Å². The maximum atomic E-state index is 10.7. The van der Waals surface area contributed by atoms with Crippen LogP contribution in [-0.4, -0.2) is 15.3 Å². The molecular weight excluding hydrogens is 426 g/mol. The lowest BCUT2D eigenvalue weighted by Crippen LogP contribution is -2.14. The minimum absolute atomic E-state index is 0.119. The Bertz CT molecular complexity index is 1320. The third kappa shape index (κ3) is 4.13. The summed E-state index contributed by atoms with van der Waals surface area (Å²) < 4.78 is 6.31. The first-order valence-corrected chi connectivity index (χ1v) is 11.1. The van der Waals surface area contributed by atoms with Gasteiger partial charge >= 0.3 is 0 Å². The van der Waals surface area contributed by atoms with Gasteiger partial charge in [-0.15, -0.1) is 0 Å². The highest BCUT2D eigenvalue weighted by Crippen LogP contribution is 2.47. The number of hydrogen-bond acceptors (Lipinski definition) is 5. The molecule has 4 aromatic rings. The van der Waals surface area contributed by atoms with Crippen molar-refractivity contribution in [2.75, 3.05) is 4.90 Å². The highest BCUT2D eigenvalue weighted by Gasteiger charge is 2.23. The van der Waals surface area contributed by atoms with Gasteiger partial charge in [0.05, 0.1) is 17.1 Å². The van der Waals surface area contributed by atoms with E-state index in [1.54, 1.807) is 18.2 Å². The van der Waals surface area contributed by atoms with Gasteiger partial charge in [0.2, 0.25) is 0 Å². The van der Waals surface area contributed by atoms with Crippen molar-refractivity contribution in [2.24, 2.45) is 0 Å². The summed E-state index contributed by atoms with van der Waals surface area (Å²) in [7, 11) is 0. The van der Waals surface area contributed by atoms with E-state index in [0.29, 0.717) is 22.6 Å². The number of phenols is 3. The number of phenolic OH excluding ortho intramolecular Hbond substituents is 3. The minimum atomic E-state index is 0.119. The summed E-state index contributed by atoms with van der Waals surface area (Å²) in [5, 5.41) is 31.5. The van der Waals surface area contributed by atoms with E-state index in [9.17, 15) is 15.3 Å². The number of aromatic hydroxyl groups is 3. The molecule has 34 heavy (non-hydrogen) atoms. The molecule has 0 aliphatic heterocycles. The molecule has 0 fully saturated rings. The Morgan fingerprint density at radius 3 is 1.68 bits per heavy atom. The molecule has 0 spiro atoms. The van der Waals surface area contributed by atoms with Crippen molar-refractivity contribution >= 4 is 17.1 Å². The van der Waals surface area contributed by atoms with Crippen LogP contribution in [0.1, 0.15) is 27.8 Å². The normalized spacial score (nSPS) is 10.9. The SMILES string of the molecule is Cc1ccc(O)cc1Oc1ccccc1N(c1ccc(C)c(O)c1C)c1ccc(C)c(O)c1C. The lowest BCUT2D eigenvalue weighted by molar-refractivity contribution is 0.453. The molecule has 5 heteroatoms. The second-order valence-corrected chi connectivity index (χ2v) is 8.61. The Morgan fingerprint density at radius 2 is 1.09 bits per heavy atom. The predicted molar refractivity (Wildman–Crippen MR) is 136 cm³/mol. The van der Waals surface area contributed by atoms with Gasteiger partial charge in [-0.2, -0.15) is 0 Å². The first-order chi connectivity index (χ1) is 16.2. The molecule has 3 N–H and O–H groups in total. The second kappa shape index (κ2) is 9.02. The van der Waals surface area contributed by atoms with Crippen molar-refractivity contribution in [1.29, 1.82) is 0 Å². The number of ether oxygens (including phenoxy) is 1. The topological polar surface area (TPSA) is 73.2 Å². The molecule has 0 heterocycles. The number of aryl methyl sites for hydroxylation is 3. The molecule has 0 unspecified atom stereocenters. The van der Waals surface area contributed by atoms with E-state index in [1.807, 2.05) is 88.0 Å². The van der Waals surface area contributed by atoms with E-state index in [4.69, 9.17) is 4.74 Å². The molecule has 5 nitrogen and oxygen atoms in total. The number of nitrogens with zero attached hydrogens (tertiary/aromatic N) is 1. The van der Waals surface area contributed by atoms with Gasteiger partial charge in [-0.3, -0.25) is 0 Å². The zero-order valence-electron chi connectivity index (χ0n) is 20.0. The Kier molecular flexibility index (Phi) is 6.12. The van der Waals surface area contributed by atoms with Gasteiger partial charge in [-0.25, -0.2) is 0 Å². The average molecular weight is 456 g/mol. The Labute approximate surface area is 200 Å². The van der Waals surface area contributed by atoms with Crippen LogP contribution in [0, 0.1) is 34.6 Å². The van der Waals surface area contributed by atoms with E-state index in [1.165, 1.54) is 0 Å². The molecule has 0 radical (unpaired) electrons. The first-order valence-electron chi connectivity index (χ1n) is 11.1. The fraction of sp³-hybridized carbons (Fsp3) is 0.172. The fourth-order valence-corrected chi connectivity index (χ4v) is 4.07. The number of rotatable bonds is 5. The third-order valence-corrected chi connectivity index (χ3v) is 6.19. The molecule has 174 valence electrons. The van der Waals surface area contributed by atoms with Crippen molar-refractivity contribution in [3.63, 3.8) is 0 Å². The van der Waals surface area contributed by atoms with Crippen molar-refractivity contribution in [2.45, 2.75) is 34.6 Å². The molecule has 0 amide bonds. The summed E-state index contributed by atoms with van der Waals surface area (Å²) in [6.07, 6.45) is 0. The Hall–Kier alpha value is -4.12. The van der Waals surface area contributed by atoms with Crippen LogP contribution in [0.5, 0.6) is 28.7 Å². The highest BCUT2D eigenvalue weighted by atomic mass is 16.5. The summed E-state index contributed by atoms with van der Waals surface area (Å²) in [6.45, 7) is 9.38. The van der Waals surface area contributed by atoms with Gasteiger partial charge in [0.1, 0.15) is 23.0 Å². The van der Waals surface area contributed by atoms with Crippen molar-refractivity contribution in [1.82, 2.24) is 0 Å². The van der Waals surface area contributed by atoms with Crippen molar-refractivity contribution in [3.8, 4) is 28.7 Å². The Balaban J connectivity index is 1.97. The maximum absolute atomic E-state index is 10.7. The van der Waals surface area contributed by atoms with Gasteiger partial charge in [-0.05, 0) is 81.6 Å². The van der Waals surface area contributed by atoms with Crippen LogP contribution in [0.15, 0.2) is 66.7 Å². The van der Waals surface area contributed by atoms with Gasteiger partial charge in [0.25, 0.3) is 0 Å². The van der Waals surface area contributed by atoms with Gasteiger partial charge in [0, 0.05) is 17.2 Å². The van der Waals surface area contributed by atoms with Gasteiger partial charge < -0.3 is 25.0 Å². The maximum Gasteiger partial charge on any atom is 0.151 e. The summed E-state index contributed by atoms with van der Waals surface area (Å²) in [5.74, 6) is 1.67. The summed E-state index contributed by atoms with van der Waals surface area (Å²) >= 11 is 0. The number of anilines is 3. The van der Waals surface area contributed by atoms with Crippen molar-refractivity contribution in [3.05, 3.63) is 94.5 Å². The third-order valence-electron chi connectivity index (χ3n) is 6.19. The molecule has 4 aromatic carbocycles. The van der Waals surface area contributed by atoms with Crippen LogP contribution in [0.4, 0.5) is 17.1 Å². The summed E-state index contributed by atoms with van der Waals surface area (Å²) in [6, 6.07) is 20.3. The monoisotopic (exact) mass is 455 g/mol. The average Bonchev–Trinajstić information content (AvgIpc) is 2.82. The number of para-hydroxylation sites is 2. The fourth-order valence-electron chi connectivity index (χ4n) is 4.07. The molecule has 0 aliphatic rings. The lowest BCUT2D eigenvalue weighted by atomic mass is 10.0. The van der Waals surface area contributed by atoms with E-state index in [2.05, 4.69) is 0 Å². The van der Waals surface area contributed by atoms with Crippen LogP contribution in [-0.2, 0) is 0 Å². The molecule has 4 rings (SSSR count). The number of hydrogen-bond donors (Lipinski definition) is 3. The molecule has 0 aromatic heterocycles. The van der Waals surface area contributed by atoms with Crippen LogP contribution in [0.2, 0.25) is 0 Å². The van der Waals surface area contributed by atoms with Gasteiger partial charge in [0.15, 0.2) is 5.75 Å². The van der Waals surface area contributed by atoms with Crippen LogP contribution in [0.25, 0.3) is 0 Å². The molecule has 0 saturated heterocycles. The lowest BCUT2D eigenvalue weighted by Gasteiger charge is -2.31. The van der Waals surface area contributed by atoms with Crippen molar-refractivity contribution < 1.29 is 20.1 Å². The van der Waals surface area contributed by atoms with Crippen LogP contribution >= 0.6 is 0 Å². The number of benzene rings is 4. The smallest absolute Gasteiger partial charge is 0.151 e. The Morgan fingerprint density at radius 1 is 0.559 bits per heavy atom.